The summed E-state index contributed by atoms with van der Waals surface area (Å²) >= 11 is 0.978. The molecule has 10 heteroatoms. The van der Waals surface area contributed by atoms with Gasteiger partial charge >= 0.3 is 6.18 Å². The predicted octanol–water partition coefficient (Wildman–Crippen LogP) is 3.12. The van der Waals surface area contributed by atoms with Gasteiger partial charge in [-0.05, 0) is 29.1 Å². The zero-order valence-electron chi connectivity index (χ0n) is 13.7. The van der Waals surface area contributed by atoms with E-state index >= 15 is 0 Å². The number of carbonyl (C=O) groups is 1. The van der Waals surface area contributed by atoms with Crippen molar-refractivity contribution in [3.63, 3.8) is 0 Å². The van der Waals surface area contributed by atoms with Crippen LogP contribution in [-0.2, 0) is 27.3 Å². The normalized spacial score (nSPS) is 12.2. The van der Waals surface area contributed by atoms with Gasteiger partial charge in [0.15, 0.2) is 9.84 Å². The number of halogens is 3. The Kier molecular flexibility index (Phi) is 6.43. The molecular formula is C16H16F3NO4S2. The molecule has 1 aromatic carbocycles. The first-order valence-electron chi connectivity index (χ1n) is 7.38. The SMILES string of the molecule is COCCS(=O)(=O)c1ccsc1C(=O)NCc1ccc(C(F)(F)F)cc1. The van der Waals surface area contributed by atoms with Crippen molar-refractivity contribution >= 4 is 27.1 Å². The molecular weight excluding hydrogens is 391 g/mol. The summed E-state index contributed by atoms with van der Waals surface area (Å²) < 4.78 is 66.8. The molecule has 0 spiro atoms. The summed E-state index contributed by atoms with van der Waals surface area (Å²) in [7, 11) is -2.28. The van der Waals surface area contributed by atoms with Gasteiger partial charge in [-0.2, -0.15) is 13.2 Å². The second kappa shape index (κ2) is 8.19. The third-order valence-corrected chi connectivity index (χ3v) is 6.22. The standard InChI is InChI=1S/C16H16F3NO4S2/c1-24-7-9-26(22,23)13-6-8-25-14(13)15(21)20-10-11-2-4-12(5-3-11)16(17,18)19/h2-6,8H,7,9-10H2,1H3,(H,20,21). The molecule has 0 aliphatic heterocycles. The van der Waals surface area contributed by atoms with Crippen molar-refractivity contribution in [1.29, 1.82) is 0 Å². The Hall–Kier alpha value is -1.91. The van der Waals surface area contributed by atoms with Gasteiger partial charge < -0.3 is 10.1 Å². The Morgan fingerprint density at radius 3 is 2.42 bits per heavy atom. The molecule has 1 heterocycles. The van der Waals surface area contributed by atoms with Crippen LogP contribution in [-0.4, -0.2) is 33.8 Å². The van der Waals surface area contributed by atoms with Crippen LogP contribution in [0.15, 0.2) is 40.6 Å². The predicted molar refractivity (Wildman–Crippen MR) is 90.9 cm³/mol. The second-order valence-electron chi connectivity index (χ2n) is 5.30. The van der Waals surface area contributed by atoms with E-state index < -0.39 is 27.5 Å². The van der Waals surface area contributed by atoms with Crippen LogP contribution in [0.2, 0.25) is 0 Å². The maximum Gasteiger partial charge on any atom is 0.416 e. The molecule has 0 fully saturated rings. The van der Waals surface area contributed by atoms with Gasteiger partial charge in [0.25, 0.3) is 5.91 Å². The maximum atomic E-state index is 12.5. The van der Waals surface area contributed by atoms with Crippen molar-refractivity contribution in [2.45, 2.75) is 17.6 Å². The molecule has 0 unspecified atom stereocenters. The highest BCUT2D eigenvalue weighted by atomic mass is 32.2. The van der Waals surface area contributed by atoms with E-state index in [1.54, 1.807) is 0 Å². The number of ether oxygens (including phenoxy) is 1. The molecule has 1 N–H and O–H groups in total. The molecule has 0 saturated heterocycles. The summed E-state index contributed by atoms with van der Waals surface area (Å²) in [5, 5.41) is 4.02. The summed E-state index contributed by atoms with van der Waals surface area (Å²) in [4.78, 5) is 12.2. The van der Waals surface area contributed by atoms with E-state index in [9.17, 15) is 26.4 Å². The Morgan fingerprint density at radius 1 is 1.19 bits per heavy atom. The zero-order valence-corrected chi connectivity index (χ0v) is 15.3. The van der Waals surface area contributed by atoms with Crippen LogP contribution in [0.3, 0.4) is 0 Å². The van der Waals surface area contributed by atoms with Crippen molar-refractivity contribution in [2.75, 3.05) is 19.5 Å². The van der Waals surface area contributed by atoms with Gasteiger partial charge in [-0.15, -0.1) is 11.3 Å². The van der Waals surface area contributed by atoms with E-state index in [0.29, 0.717) is 5.56 Å². The molecule has 0 atom stereocenters. The lowest BCUT2D eigenvalue weighted by Crippen LogP contribution is -2.24. The third kappa shape index (κ3) is 5.05. The first kappa shape index (κ1) is 20.4. The molecule has 1 aromatic heterocycles. The van der Waals surface area contributed by atoms with Gasteiger partial charge in [0.1, 0.15) is 4.88 Å². The van der Waals surface area contributed by atoms with Crippen LogP contribution >= 0.6 is 11.3 Å². The minimum atomic E-state index is -4.43. The minimum absolute atomic E-state index is 0.00476. The average Bonchev–Trinajstić information content (AvgIpc) is 3.08. The molecule has 1 amide bonds. The molecule has 2 aromatic rings. The Labute approximate surface area is 152 Å². The minimum Gasteiger partial charge on any atom is -0.384 e. The molecule has 0 aliphatic rings. The summed E-state index contributed by atoms with van der Waals surface area (Å²) in [6, 6.07) is 5.71. The van der Waals surface area contributed by atoms with Gasteiger partial charge in [0.05, 0.1) is 22.8 Å². The molecule has 2 rings (SSSR count). The number of carbonyl (C=O) groups excluding carboxylic acids is 1. The number of sulfone groups is 1. The number of thiophene rings is 1. The summed E-state index contributed by atoms with van der Waals surface area (Å²) in [5.74, 6) is -0.852. The van der Waals surface area contributed by atoms with Crippen LogP contribution in [0.5, 0.6) is 0 Å². The lowest BCUT2D eigenvalue weighted by atomic mass is 10.1. The number of hydrogen-bond acceptors (Lipinski definition) is 5. The summed E-state index contributed by atoms with van der Waals surface area (Å²) in [5.41, 5.74) is -0.316. The number of alkyl halides is 3. The van der Waals surface area contributed by atoms with Crippen LogP contribution in [0.1, 0.15) is 20.8 Å². The number of methoxy groups -OCH3 is 1. The molecule has 26 heavy (non-hydrogen) atoms. The number of rotatable bonds is 7. The smallest absolute Gasteiger partial charge is 0.384 e. The lowest BCUT2D eigenvalue weighted by molar-refractivity contribution is -0.137. The second-order valence-corrected chi connectivity index (χ2v) is 8.30. The molecule has 0 aliphatic carbocycles. The Morgan fingerprint density at radius 2 is 1.85 bits per heavy atom. The zero-order chi connectivity index (χ0) is 19.4. The Bertz CT molecular complexity index is 858. The summed E-state index contributed by atoms with van der Waals surface area (Å²) in [6.07, 6.45) is -4.43. The fraction of sp³-hybridized carbons (Fsp3) is 0.312. The average molecular weight is 407 g/mol. The molecule has 142 valence electrons. The third-order valence-electron chi connectivity index (χ3n) is 3.46. The maximum absolute atomic E-state index is 12.5. The van der Waals surface area contributed by atoms with Crippen molar-refractivity contribution < 1.29 is 31.1 Å². The van der Waals surface area contributed by atoms with Crippen molar-refractivity contribution in [3.8, 4) is 0 Å². The highest BCUT2D eigenvalue weighted by Crippen LogP contribution is 2.29. The van der Waals surface area contributed by atoms with E-state index in [1.807, 2.05) is 0 Å². The van der Waals surface area contributed by atoms with E-state index in [0.717, 1.165) is 23.5 Å². The highest BCUT2D eigenvalue weighted by Gasteiger charge is 2.30. The van der Waals surface area contributed by atoms with Gasteiger partial charge in [-0.1, -0.05) is 12.1 Å². The van der Waals surface area contributed by atoms with Crippen LogP contribution in [0.25, 0.3) is 0 Å². The number of nitrogens with one attached hydrogen (secondary N) is 1. The van der Waals surface area contributed by atoms with E-state index in [2.05, 4.69) is 5.32 Å². The highest BCUT2D eigenvalue weighted by molar-refractivity contribution is 7.91. The van der Waals surface area contributed by atoms with Crippen molar-refractivity contribution in [1.82, 2.24) is 5.32 Å². The fourth-order valence-electron chi connectivity index (χ4n) is 2.09. The van der Waals surface area contributed by atoms with Crippen LogP contribution < -0.4 is 5.32 Å². The quantitative estimate of drug-likeness (QED) is 0.766. The first-order valence-corrected chi connectivity index (χ1v) is 9.92. The van der Waals surface area contributed by atoms with Gasteiger partial charge in [0, 0.05) is 13.7 Å². The Balaban J connectivity index is 2.07. The van der Waals surface area contributed by atoms with Crippen LogP contribution in [0, 0.1) is 0 Å². The number of amides is 1. The van der Waals surface area contributed by atoms with E-state index in [4.69, 9.17) is 4.74 Å². The monoisotopic (exact) mass is 407 g/mol. The van der Waals surface area contributed by atoms with Crippen molar-refractivity contribution in [3.05, 3.63) is 51.7 Å². The molecule has 5 nitrogen and oxygen atoms in total. The van der Waals surface area contributed by atoms with Gasteiger partial charge in [-0.25, -0.2) is 8.42 Å². The molecule has 0 radical (unpaired) electrons. The summed E-state index contributed by atoms with van der Waals surface area (Å²) in [6.45, 7) is -0.0166. The topological polar surface area (TPSA) is 72.5 Å². The number of hydrogen-bond donors (Lipinski definition) is 1. The molecule has 0 bridgehead atoms. The lowest BCUT2D eigenvalue weighted by Gasteiger charge is -2.09. The van der Waals surface area contributed by atoms with Gasteiger partial charge in [0.2, 0.25) is 0 Å². The molecule has 0 saturated carbocycles. The largest absolute Gasteiger partial charge is 0.416 e. The van der Waals surface area contributed by atoms with Crippen LogP contribution in [0.4, 0.5) is 13.2 Å². The van der Waals surface area contributed by atoms with Crippen molar-refractivity contribution in [2.24, 2.45) is 0 Å². The fourth-order valence-corrected chi connectivity index (χ4v) is 4.66. The van der Waals surface area contributed by atoms with Gasteiger partial charge in [-0.3, -0.25) is 4.79 Å². The number of benzene rings is 1. The first-order chi connectivity index (χ1) is 12.1. The van der Waals surface area contributed by atoms with E-state index in [-0.39, 0.29) is 28.7 Å². The van der Waals surface area contributed by atoms with E-state index in [1.165, 1.54) is 30.7 Å².